The van der Waals surface area contributed by atoms with Crippen molar-refractivity contribution in [2.75, 3.05) is 32.7 Å². The van der Waals surface area contributed by atoms with Crippen molar-refractivity contribution in [3.63, 3.8) is 0 Å². The normalized spacial score (nSPS) is 20.8. The fourth-order valence-electron chi connectivity index (χ4n) is 4.28. The molecular formula is C21H21FN10O. The van der Waals surface area contributed by atoms with E-state index in [4.69, 9.17) is 6.57 Å². The van der Waals surface area contributed by atoms with Gasteiger partial charge in [0.05, 0.1) is 13.0 Å². The zero-order valence-electron chi connectivity index (χ0n) is 17.7. The number of halogens is 1. The van der Waals surface area contributed by atoms with Gasteiger partial charge in [-0.15, -0.1) is 5.10 Å². The zero-order valence-corrected chi connectivity index (χ0v) is 17.7. The molecule has 2 atom stereocenters. The molecule has 0 saturated carbocycles. The van der Waals surface area contributed by atoms with E-state index in [1.54, 1.807) is 24.5 Å². The Morgan fingerprint density at radius 1 is 1.24 bits per heavy atom. The van der Waals surface area contributed by atoms with Gasteiger partial charge in [0.2, 0.25) is 11.6 Å². The number of tetrazole rings is 1. The van der Waals surface area contributed by atoms with Crippen LogP contribution < -0.4 is 5.32 Å². The summed E-state index contributed by atoms with van der Waals surface area (Å²) in [6, 6.07) is 4.94. The van der Waals surface area contributed by atoms with Gasteiger partial charge >= 0.3 is 0 Å². The van der Waals surface area contributed by atoms with Crippen molar-refractivity contribution in [3.05, 3.63) is 65.3 Å². The maximum atomic E-state index is 13.7. The first-order chi connectivity index (χ1) is 16.1. The highest BCUT2D eigenvalue weighted by atomic mass is 19.1. The van der Waals surface area contributed by atoms with Crippen molar-refractivity contribution in [2.24, 2.45) is 0 Å². The molecule has 0 bridgehead atoms. The van der Waals surface area contributed by atoms with Gasteiger partial charge in [-0.3, -0.25) is 9.69 Å². The van der Waals surface area contributed by atoms with Crippen molar-refractivity contribution in [2.45, 2.75) is 18.5 Å². The molecule has 33 heavy (non-hydrogen) atoms. The summed E-state index contributed by atoms with van der Waals surface area (Å²) >= 11 is 0. The molecule has 11 nitrogen and oxygen atoms in total. The number of rotatable bonds is 4. The number of fused-ring (bicyclic) bond motifs is 1. The third kappa shape index (κ3) is 4.41. The minimum Gasteiger partial charge on any atom is -0.340 e. The molecule has 3 aromatic rings. The number of benzene rings is 1. The van der Waals surface area contributed by atoms with Crippen LogP contribution in [-0.2, 0) is 11.2 Å². The SMILES string of the molecule is [C-]#[N+]c1cc([C@@H]2CN3CCN(C(=O)Cc4cnc(-n5cnnn5)nc4)C[C@H]3CN2)ccc1F. The predicted molar refractivity (Wildman–Crippen MR) is 114 cm³/mol. The van der Waals surface area contributed by atoms with E-state index in [0.29, 0.717) is 25.6 Å². The van der Waals surface area contributed by atoms with E-state index in [2.05, 4.69) is 40.6 Å². The van der Waals surface area contributed by atoms with Crippen LogP contribution in [0.4, 0.5) is 10.1 Å². The quantitative estimate of drug-likeness (QED) is 0.576. The summed E-state index contributed by atoms with van der Waals surface area (Å²) in [5.74, 6) is -0.113. The molecule has 0 unspecified atom stereocenters. The molecule has 0 spiro atoms. The number of piperazine rings is 2. The second-order valence-electron chi connectivity index (χ2n) is 8.09. The highest BCUT2D eigenvalue weighted by molar-refractivity contribution is 5.78. The van der Waals surface area contributed by atoms with Crippen LogP contribution in [0.2, 0.25) is 0 Å². The third-order valence-corrected chi connectivity index (χ3v) is 6.07. The lowest BCUT2D eigenvalue weighted by Crippen LogP contribution is -2.62. The van der Waals surface area contributed by atoms with Crippen LogP contribution >= 0.6 is 0 Å². The van der Waals surface area contributed by atoms with Crippen molar-refractivity contribution in [1.82, 2.24) is 45.3 Å². The Kier molecular flexibility index (Phi) is 5.72. The van der Waals surface area contributed by atoms with E-state index in [-0.39, 0.29) is 30.1 Å². The van der Waals surface area contributed by atoms with Gasteiger partial charge < -0.3 is 10.2 Å². The van der Waals surface area contributed by atoms with Crippen LogP contribution in [0.25, 0.3) is 10.8 Å². The molecule has 0 radical (unpaired) electrons. The summed E-state index contributed by atoms with van der Waals surface area (Å²) < 4.78 is 15.0. The van der Waals surface area contributed by atoms with E-state index >= 15 is 0 Å². The third-order valence-electron chi connectivity index (χ3n) is 6.07. The molecule has 5 rings (SSSR count). The Bertz CT molecular complexity index is 1180. The standard InChI is InChI=1S/C21H21FN10O/c1-23-18-7-15(2-3-17(18)22)19-12-30-4-5-31(11-16(30)10-24-19)20(33)6-14-8-25-21(26-9-14)32-13-27-28-29-32/h2-3,7-9,13,16,19,24H,4-6,10-12H2/t16-,19+/m1/s1. The number of carbonyl (C=O) groups excluding carboxylic acids is 1. The fourth-order valence-corrected chi connectivity index (χ4v) is 4.28. The van der Waals surface area contributed by atoms with Crippen molar-refractivity contribution < 1.29 is 9.18 Å². The Morgan fingerprint density at radius 3 is 2.85 bits per heavy atom. The first kappa shape index (κ1) is 21.0. The molecule has 1 aromatic carbocycles. The molecule has 2 aliphatic rings. The van der Waals surface area contributed by atoms with Gasteiger partial charge in [-0.25, -0.2) is 19.2 Å². The first-order valence-corrected chi connectivity index (χ1v) is 10.6. The molecule has 2 aliphatic heterocycles. The van der Waals surface area contributed by atoms with Gasteiger partial charge in [0.1, 0.15) is 12.1 Å². The van der Waals surface area contributed by atoms with Gasteiger partial charge in [0, 0.05) is 57.2 Å². The van der Waals surface area contributed by atoms with Gasteiger partial charge in [-0.1, -0.05) is 6.07 Å². The summed E-state index contributed by atoms with van der Waals surface area (Å²) in [6.45, 7) is 10.6. The molecule has 2 saturated heterocycles. The fraction of sp³-hybridized carbons (Fsp3) is 0.381. The van der Waals surface area contributed by atoms with Gasteiger partial charge in [-0.05, 0) is 33.7 Å². The minimum absolute atomic E-state index is 0.0282. The maximum absolute atomic E-state index is 13.7. The summed E-state index contributed by atoms with van der Waals surface area (Å²) in [4.78, 5) is 28.8. The van der Waals surface area contributed by atoms with Crippen LogP contribution in [0.3, 0.4) is 0 Å². The van der Waals surface area contributed by atoms with Gasteiger partial charge in [-0.2, -0.15) is 4.68 Å². The van der Waals surface area contributed by atoms with Crippen LogP contribution in [-0.4, -0.2) is 84.6 Å². The zero-order chi connectivity index (χ0) is 22.8. The molecular weight excluding hydrogens is 427 g/mol. The van der Waals surface area contributed by atoms with Crippen LogP contribution in [0, 0.1) is 12.4 Å². The first-order valence-electron chi connectivity index (χ1n) is 10.6. The Morgan fingerprint density at radius 2 is 2.09 bits per heavy atom. The van der Waals surface area contributed by atoms with E-state index in [9.17, 15) is 9.18 Å². The smallest absolute Gasteiger partial charge is 0.253 e. The highest BCUT2D eigenvalue weighted by Crippen LogP contribution is 2.27. The van der Waals surface area contributed by atoms with Crippen LogP contribution in [0.15, 0.2) is 36.9 Å². The second kappa shape index (κ2) is 8.97. The molecule has 2 fully saturated rings. The van der Waals surface area contributed by atoms with Crippen LogP contribution in [0.1, 0.15) is 17.2 Å². The lowest BCUT2D eigenvalue weighted by molar-refractivity contribution is -0.134. The molecule has 1 N–H and O–H groups in total. The monoisotopic (exact) mass is 448 g/mol. The van der Waals surface area contributed by atoms with Crippen molar-refractivity contribution in [3.8, 4) is 5.95 Å². The Labute approximate surface area is 189 Å². The van der Waals surface area contributed by atoms with Gasteiger partial charge in [0.25, 0.3) is 5.95 Å². The summed E-state index contributed by atoms with van der Waals surface area (Å²) in [7, 11) is 0. The number of nitrogens with zero attached hydrogens (tertiary/aromatic N) is 9. The molecule has 168 valence electrons. The number of aromatic nitrogens is 6. The predicted octanol–water partition coefficient (Wildman–Crippen LogP) is 0.542. The molecule has 12 heteroatoms. The second-order valence-corrected chi connectivity index (χ2v) is 8.09. The van der Waals surface area contributed by atoms with E-state index in [1.807, 2.05) is 4.90 Å². The number of hydrogen-bond acceptors (Lipinski definition) is 8. The molecule has 1 amide bonds. The number of hydrogen-bond donors (Lipinski definition) is 1. The minimum atomic E-state index is -0.495. The Hall–Kier alpha value is -3.82. The number of amides is 1. The van der Waals surface area contributed by atoms with E-state index < -0.39 is 5.82 Å². The molecule has 4 heterocycles. The summed E-state index contributed by atoms with van der Waals surface area (Å²) in [5, 5.41) is 14.3. The topological polar surface area (TPSA) is 109 Å². The molecule has 2 aromatic heterocycles. The Balaban J connectivity index is 1.17. The summed E-state index contributed by atoms with van der Waals surface area (Å²) in [6.07, 6.45) is 4.87. The van der Waals surface area contributed by atoms with Gasteiger partial charge in [0.15, 0.2) is 0 Å². The van der Waals surface area contributed by atoms with E-state index in [1.165, 1.54) is 17.1 Å². The number of carbonyl (C=O) groups is 1. The highest BCUT2D eigenvalue weighted by Gasteiger charge is 2.34. The maximum Gasteiger partial charge on any atom is 0.253 e. The van der Waals surface area contributed by atoms with Crippen molar-refractivity contribution >= 4 is 11.6 Å². The average molecular weight is 448 g/mol. The largest absolute Gasteiger partial charge is 0.340 e. The molecule has 0 aliphatic carbocycles. The van der Waals surface area contributed by atoms with Crippen LogP contribution in [0.5, 0.6) is 0 Å². The lowest BCUT2D eigenvalue weighted by Gasteiger charge is -2.46. The van der Waals surface area contributed by atoms with Crippen molar-refractivity contribution in [1.29, 1.82) is 0 Å². The lowest BCUT2D eigenvalue weighted by atomic mass is 9.99. The average Bonchev–Trinajstić information content (AvgIpc) is 3.39. The summed E-state index contributed by atoms with van der Waals surface area (Å²) in [5.41, 5.74) is 1.68. The number of nitrogens with one attached hydrogen (secondary N) is 1. The van der Waals surface area contributed by atoms with E-state index in [0.717, 1.165) is 24.2 Å².